The van der Waals surface area contributed by atoms with Crippen LogP contribution in [0.4, 0.5) is 0 Å². The molecule has 0 amide bonds. The minimum atomic E-state index is -0.440. The first kappa shape index (κ1) is 11.6. The summed E-state index contributed by atoms with van der Waals surface area (Å²) >= 11 is 1.40. The Hall–Kier alpha value is -1.88. The number of benzene rings is 1. The fourth-order valence-electron chi connectivity index (χ4n) is 1.44. The first-order valence-electron chi connectivity index (χ1n) is 4.97. The highest BCUT2D eigenvalue weighted by Crippen LogP contribution is 2.29. The van der Waals surface area contributed by atoms with Crippen molar-refractivity contribution >= 4 is 17.3 Å². The molecule has 1 aromatic heterocycles. The summed E-state index contributed by atoms with van der Waals surface area (Å²) in [5, 5.41) is 10.1. The van der Waals surface area contributed by atoms with Gasteiger partial charge in [0.05, 0.1) is 7.11 Å². The lowest BCUT2D eigenvalue weighted by molar-refractivity contribution is 0.0594. The Morgan fingerprint density at radius 1 is 1.47 bits per heavy atom. The molecular weight excluding hydrogens is 238 g/mol. The van der Waals surface area contributed by atoms with E-state index in [-0.39, 0.29) is 5.75 Å². The van der Waals surface area contributed by atoms with Crippen LogP contribution < -0.4 is 0 Å². The molecule has 0 aliphatic heterocycles. The van der Waals surface area contributed by atoms with Gasteiger partial charge in [0.2, 0.25) is 0 Å². The maximum absolute atomic E-state index is 11.4. The van der Waals surface area contributed by atoms with Gasteiger partial charge >= 0.3 is 5.97 Å². The van der Waals surface area contributed by atoms with Crippen LogP contribution in [0.3, 0.4) is 0 Å². The van der Waals surface area contributed by atoms with Gasteiger partial charge in [0.1, 0.15) is 10.8 Å². The van der Waals surface area contributed by atoms with E-state index in [9.17, 15) is 9.90 Å². The monoisotopic (exact) mass is 249 g/mol. The molecule has 4 nitrogen and oxygen atoms in total. The molecule has 0 atom stereocenters. The normalized spacial score (nSPS) is 10.2. The minimum Gasteiger partial charge on any atom is -0.508 e. The number of esters is 1. The SMILES string of the molecule is COC(=O)c1nc(-c2cccc(O)c2)sc1C. The van der Waals surface area contributed by atoms with Gasteiger partial charge in [-0.3, -0.25) is 0 Å². The quantitative estimate of drug-likeness (QED) is 0.831. The Kier molecular flexibility index (Phi) is 3.10. The molecule has 2 aromatic rings. The summed E-state index contributed by atoms with van der Waals surface area (Å²) in [5.41, 5.74) is 1.11. The predicted molar refractivity (Wildman–Crippen MR) is 65.3 cm³/mol. The number of thiazole rings is 1. The first-order valence-corrected chi connectivity index (χ1v) is 5.78. The summed E-state index contributed by atoms with van der Waals surface area (Å²) in [6, 6.07) is 6.77. The van der Waals surface area contributed by atoms with Crippen LogP contribution in [0.2, 0.25) is 0 Å². The van der Waals surface area contributed by atoms with Gasteiger partial charge in [-0.1, -0.05) is 12.1 Å². The largest absolute Gasteiger partial charge is 0.508 e. The minimum absolute atomic E-state index is 0.176. The summed E-state index contributed by atoms with van der Waals surface area (Å²) < 4.78 is 4.65. The number of hydrogen-bond donors (Lipinski definition) is 1. The smallest absolute Gasteiger partial charge is 0.357 e. The van der Waals surface area contributed by atoms with Crippen LogP contribution in [-0.4, -0.2) is 23.2 Å². The van der Waals surface area contributed by atoms with Crippen molar-refractivity contribution in [1.82, 2.24) is 4.98 Å². The van der Waals surface area contributed by atoms with Crippen LogP contribution in [0.15, 0.2) is 24.3 Å². The highest BCUT2D eigenvalue weighted by molar-refractivity contribution is 7.15. The zero-order chi connectivity index (χ0) is 12.4. The van der Waals surface area contributed by atoms with E-state index in [1.165, 1.54) is 18.4 Å². The molecule has 0 saturated heterocycles. The molecule has 0 bridgehead atoms. The molecule has 0 fully saturated rings. The van der Waals surface area contributed by atoms with Gasteiger partial charge in [0.15, 0.2) is 5.69 Å². The molecule has 0 saturated carbocycles. The van der Waals surface area contributed by atoms with Crippen molar-refractivity contribution in [2.24, 2.45) is 0 Å². The Labute approximate surface area is 103 Å². The summed E-state index contributed by atoms with van der Waals surface area (Å²) in [6.45, 7) is 1.82. The van der Waals surface area contributed by atoms with E-state index in [1.807, 2.05) is 13.0 Å². The molecule has 2 rings (SSSR count). The molecule has 1 aromatic carbocycles. The number of phenols is 1. The van der Waals surface area contributed by atoms with E-state index in [0.717, 1.165) is 10.4 Å². The molecule has 0 radical (unpaired) electrons. The average Bonchev–Trinajstić information content (AvgIpc) is 2.70. The van der Waals surface area contributed by atoms with Gasteiger partial charge in [-0.15, -0.1) is 11.3 Å². The van der Waals surface area contributed by atoms with Gasteiger partial charge in [-0.05, 0) is 19.1 Å². The van der Waals surface area contributed by atoms with E-state index < -0.39 is 5.97 Å². The Bertz CT molecular complexity index is 563. The molecule has 0 unspecified atom stereocenters. The molecule has 0 aliphatic carbocycles. The molecular formula is C12H11NO3S. The van der Waals surface area contributed by atoms with Gasteiger partial charge in [-0.2, -0.15) is 0 Å². The van der Waals surface area contributed by atoms with E-state index in [1.54, 1.807) is 18.2 Å². The second-order valence-electron chi connectivity index (χ2n) is 3.47. The lowest BCUT2D eigenvalue weighted by atomic mass is 10.2. The number of hydrogen-bond acceptors (Lipinski definition) is 5. The van der Waals surface area contributed by atoms with Gasteiger partial charge < -0.3 is 9.84 Å². The summed E-state index contributed by atoms with van der Waals surface area (Å²) in [5.74, 6) is -0.264. The van der Waals surface area contributed by atoms with E-state index >= 15 is 0 Å². The van der Waals surface area contributed by atoms with Crippen molar-refractivity contribution in [2.45, 2.75) is 6.92 Å². The average molecular weight is 249 g/mol. The molecule has 0 spiro atoms. The van der Waals surface area contributed by atoms with Crippen LogP contribution in [0.1, 0.15) is 15.4 Å². The lowest BCUT2D eigenvalue weighted by Gasteiger charge is -1.96. The molecule has 5 heteroatoms. The van der Waals surface area contributed by atoms with Crippen molar-refractivity contribution in [3.63, 3.8) is 0 Å². The Balaban J connectivity index is 2.44. The lowest BCUT2D eigenvalue weighted by Crippen LogP contribution is -2.03. The zero-order valence-corrected chi connectivity index (χ0v) is 10.2. The van der Waals surface area contributed by atoms with Gasteiger partial charge in [0, 0.05) is 10.4 Å². The van der Waals surface area contributed by atoms with Crippen LogP contribution in [0.25, 0.3) is 10.6 Å². The van der Waals surface area contributed by atoms with E-state index in [2.05, 4.69) is 9.72 Å². The Morgan fingerprint density at radius 2 is 2.24 bits per heavy atom. The third kappa shape index (κ3) is 2.29. The second-order valence-corrected chi connectivity index (χ2v) is 4.67. The number of nitrogens with zero attached hydrogens (tertiary/aromatic N) is 1. The van der Waals surface area contributed by atoms with Crippen molar-refractivity contribution < 1.29 is 14.6 Å². The second kappa shape index (κ2) is 4.55. The van der Waals surface area contributed by atoms with Crippen molar-refractivity contribution in [1.29, 1.82) is 0 Å². The van der Waals surface area contributed by atoms with Crippen LogP contribution in [0.5, 0.6) is 5.75 Å². The fraction of sp³-hybridized carbons (Fsp3) is 0.167. The molecule has 0 aliphatic rings. The van der Waals surface area contributed by atoms with E-state index in [0.29, 0.717) is 10.7 Å². The summed E-state index contributed by atoms with van der Waals surface area (Å²) in [4.78, 5) is 16.4. The summed E-state index contributed by atoms with van der Waals surface area (Å²) in [6.07, 6.45) is 0. The standard InChI is InChI=1S/C12H11NO3S/c1-7-10(12(15)16-2)13-11(17-7)8-4-3-5-9(14)6-8/h3-6,14H,1-2H3. The highest BCUT2D eigenvalue weighted by Gasteiger charge is 2.16. The zero-order valence-electron chi connectivity index (χ0n) is 9.43. The van der Waals surface area contributed by atoms with Gasteiger partial charge in [0.25, 0.3) is 0 Å². The number of phenolic OH excluding ortho intramolecular Hbond substituents is 1. The van der Waals surface area contributed by atoms with E-state index in [4.69, 9.17) is 0 Å². The number of ether oxygens (including phenoxy) is 1. The number of methoxy groups -OCH3 is 1. The molecule has 88 valence electrons. The fourth-order valence-corrected chi connectivity index (χ4v) is 2.34. The van der Waals surface area contributed by atoms with Crippen LogP contribution >= 0.6 is 11.3 Å². The summed E-state index contributed by atoms with van der Waals surface area (Å²) in [7, 11) is 1.33. The van der Waals surface area contributed by atoms with Crippen LogP contribution in [-0.2, 0) is 4.74 Å². The number of carbonyl (C=O) groups excluding carboxylic acids is 1. The van der Waals surface area contributed by atoms with Crippen molar-refractivity contribution in [3.8, 4) is 16.3 Å². The third-order valence-electron chi connectivity index (χ3n) is 2.27. The topological polar surface area (TPSA) is 59.4 Å². The maximum atomic E-state index is 11.4. The van der Waals surface area contributed by atoms with Crippen molar-refractivity contribution in [2.75, 3.05) is 7.11 Å². The number of aromatic nitrogens is 1. The first-order chi connectivity index (χ1) is 8.11. The Morgan fingerprint density at radius 3 is 2.88 bits per heavy atom. The number of aryl methyl sites for hydroxylation is 1. The number of aromatic hydroxyl groups is 1. The van der Waals surface area contributed by atoms with Crippen molar-refractivity contribution in [3.05, 3.63) is 34.8 Å². The third-order valence-corrected chi connectivity index (χ3v) is 3.29. The highest BCUT2D eigenvalue weighted by atomic mass is 32.1. The molecule has 1 heterocycles. The molecule has 1 N–H and O–H groups in total. The predicted octanol–water partition coefficient (Wildman–Crippen LogP) is 2.61. The number of carbonyl (C=O) groups is 1. The van der Waals surface area contributed by atoms with Crippen LogP contribution in [0, 0.1) is 6.92 Å². The molecule has 17 heavy (non-hydrogen) atoms. The maximum Gasteiger partial charge on any atom is 0.357 e. The number of rotatable bonds is 2. The van der Waals surface area contributed by atoms with Gasteiger partial charge in [-0.25, -0.2) is 9.78 Å².